The summed E-state index contributed by atoms with van der Waals surface area (Å²) in [6.07, 6.45) is 0.985. The molecule has 1 atom stereocenters. The van der Waals surface area contributed by atoms with E-state index in [-0.39, 0.29) is 0 Å². The minimum Gasteiger partial charge on any atom is -0.385 e. The summed E-state index contributed by atoms with van der Waals surface area (Å²) in [5.74, 6) is 0.355. The summed E-state index contributed by atoms with van der Waals surface area (Å²) in [7, 11) is 0. The van der Waals surface area contributed by atoms with Gasteiger partial charge in [0, 0.05) is 25.6 Å². The van der Waals surface area contributed by atoms with Crippen molar-refractivity contribution in [3.05, 3.63) is 71.8 Å². The van der Waals surface area contributed by atoms with E-state index in [2.05, 4.69) is 71.3 Å². The summed E-state index contributed by atoms with van der Waals surface area (Å²) in [4.78, 5) is 0. The van der Waals surface area contributed by atoms with Crippen molar-refractivity contribution in [2.45, 2.75) is 17.9 Å². The molecule has 134 valence electrons. The number of rotatable bonds is 7. The molecule has 1 saturated heterocycles. The van der Waals surface area contributed by atoms with Crippen molar-refractivity contribution in [3.63, 3.8) is 0 Å². The van der Waals surface area contributed by atoms with Gasteiger partial charge in [-0.05, 0) is 24.1 Å². The predicted octanol–water partition coefficient (Wildman–Crippen LogP) is 2.15. The summed E-state index contributed by atoms with van der Waals surface area (Å²) in [5.41, 5.74) is 1.83. The van der Waals surface area contributed by atoms with Gasteiger partial charge in [0.2, 0.25) is 0 Å². The van der Waals surface area contributed by atoms with E-state index in [1.165, 1.54) is 11.1 Å². The Balaban J connectivity index is 1.58. The van der Waals surface area contributed by atoms with Crippen molar-refractivity contribution in [2.24, 2.45) is 0 Å². The normalized spacial score (nSPS) is 21.2. The topological polar surface area (TPSA) is 53.5 Å². The highest BCUT2D eigenvalue weighted by molar-refractivity contribution is 5.32. The monoisotopic (exact) mass is 340 g/mol. The quantitative estimate of drug-likeness (QED) is 0.676. The van der Waals surface area contributed by atoms with Gasteiger partial charge in [-0.15, -0.1) is 0 Å². The van der Waals surface area contributed by atoms with Gasteiger partial charge in [-0.25, -0.2) is 0 Å². The van der Waals surface area contributed by atoms with Crippen LogP contribution in [0.2, 0.25) is 0 Å². The molecule has 0 bridgehead atoms. The van der Waals surface area contributed by atoms with Crippen LogP contribution in [0.3, 0.4) is 0 Å². The van der Waals surface area contributed by atoms with Crippen LogP contribution in [-0.2, 0) is 4.74 Å². The first kappa shape index (κ1) is 18.1. The molecule has 1 unspecified atom stereocenters. The number of hydrogen-bond donors (Lipinski definition) is 3. The smallest absolute Gasteiger partial charge is 0.113 e. The molecule has 0 amide bonds. The number of β-amino-alcohol motifs (C(OH)–C–C–N with tert-alkyl or cyclic N) is 1. The Morgan fingerprint density at radius 2 is 1.68 bits per heavy atom. The first-order chi connectivity index (χ1) is 12.3. The summed E-state index contributed by atoms with van der Waals surface area (Å²) < 4.78 is 5.47. The Morgan fingerprint density at radius 1 is 1.04 bits per heavy atom. The van der Waals surface area contributed by atoms with Crippen molar-refractivity contribution in [3.8, 4) is 0 Å². The molecule has 0 aromatic heterocycles. The lowest BCUT2D eigenvalue weighted by molar-refractivity contribution is -0.0261. The maximum Gasteiger partial charge on any atom is 0.113 e. The second-order valence-electron chi connectivity index (χ2n) is 6.79. The van der Waals surface area contributed by atoms with E-state index in [1.807, 2.05) is 0 Å². The van der Waals surface area contributed by atoms with Gasteiger partial charge < -0.3 is 20.5 Å². The average molecular weight is 340 g/mol. The first-order valence-corrected chi connectivity index (χ1v) is 9.08. The highest BCUT2D eigenvalue weighted by atomic mass is 16.5. The van der Waals surface area contributed by atoms with E-state index >= 15 is 0 Å². The Bertz CT molecular complexity index is 571. The highest BCUT2D eigenvalue weighted by Gasteiger charge is 2.28. The highest BCUT2D eigenvalue weighted by Crippen LogP contribution is 2.27. The molecule has 0 spiro atoms. The molecule has 1 aliphatic rings. The fourth-order valence-corrected chi connectivity index (χ4v) is 3.36. The largest absolute Gasteiger partial charge is 0.385 e. The SMILES string of the molecule is OC1(CNCCC(c2ccccc2)c2ccccc2)CNCCOC1. The van der Waals surface area contributed by atoms with Crippen molar-refractivity contribution >= 4 is 0 Å². The van der Waals surface area contributed by atoms with E-state index in [9.17, 15) is 5.11 Å². The molecule has 0 aliphatic carbocycles. The number of benzene rings is 2. The molecule has 0 saturated carbocycles. The molecule has 1 fully saturated rings. The van der Waals surface area contributed by atoms with Crippen LogP contribution < -0.4 is 10.6 Å². The zero-order valence-corrected chi connectivity index (χ0v) is 14.7. The number of ether oxygens (including phenoxy) is 1. The molecule has 2 aromatic rings. The summed E-state index contributed by atoms with van der Waals surface area (Å²) in [5, 5.41) is 17.2. The second kappa shape index (κ2) is 9.11. The molecule has 3 N–H and O–H groups in total. The molecule has 25 heavy (non-hydrogen) atoms. The van der Waals surface area contributed by atoms with Crippen molar-refractivity contribution < 1.29 is 9.84 Å². The number of aliphatic hydroxyl groups is 1. The Morgan fingerprint density at radius 3 is 2.32 bits per heavy atom. The summed E-state index contributed by atoms with van der Waals surface area (Å²) in [6.45, 7) is 3.79. The van der Waals surface area contributed by atoms with Gasteiger partial charge in [-0.2, -0.15) is 0 Å². The van der Waals surface area contributed by atoms with Gasteiger partial charge in [0.25, 0.3) is 0 Å². The summed E-state index contributed by atoms with van der Waals surface area (Å²) in [6, 6.07) is 21.2. The maximum atomic E-state index is 10.6. The minimum absolute atomic E-state index is 0.355. The van der Waals surface area contributed by atoms with E-state index in [4.69, 9.17) is 4.74 Å². The Kier molecular flexibility index (Phi) is 6.59. The van der Waals surface area contributed by atoms with Gasteiger partial charge >= 0.3 is 0 Å². The third-order valence-corrected chi connectivity index (χ3v) is 4.72. The van der Waals surface area contributed by atoms with Crippen LogP contribution in [0.25, 0.3) is 0 Å². The zero-order valence-electron chi connectivity index (χ0n) is 14.7. The average Bonchev–Trinajstić information content (AvgIpc) is 2.88. The predicted molar refractivity (Wildman–Crippen MR) is 101 cm³/mol. The lowest BCUT2D eigenvalue weighted by Crippen LogP contribution is -2.50. The van der Waals surface area contributed by atoms with Gasteiger partial charge in [-0.1, -0.05) is 60.7 Å². The number of nitrogens with one attached hydrogen (secondary N) is 2. The van der Waals surface area contributed by atoms with E-state index < -0.39 is 5.60 Å². The van der Waals surface area contributed by atoms with Crippen LogP contribution in [0.1, 0.15) is 23.5 Å². The fraction of sp³-hybridized carbons (Fsp3) is 0.429. The molecule has 2 aromatic carbocycles. The lowest BCUT2D eigenvalue weighted by Gasteiger charge is -2.27. The van der Waals surface area contributed by atoms with Gasteiger partial charge in [-0.3, -0.25) is 0 Å². The van der Waals surface area contributed by atoms with Gasteiger partial charge in [0.15, 0.2) is 0 Å². The molecule has 0 radical (unpaired) electrons. The minimum atomic E-state index is -0.828. The standard InChI is InChI=1S/C21H28N2O2/c24-21(16-23-13-14-25-17-21)15-22-12-11-20(18-7-3-1-4-8-18)19-9-5-2-6-10-19/h1-10,20,22-24H,11-17H2. The van der Waals surface area contributed by atoms with Crippen LogP contribution in [-0.4, -0.2) is 50.1 Å². The van der Waals surface area contributed by atoms with Gasteiger partial charge in [0.1, 0.15) is 5.60 Å². The second-order valence-corrected chi connectivity index (χ2v) is 6.79. The van der Waals surface area contributed by atoms with E-state index in [0.717, 1.165) is 19.5 Å². The van der Waals surface area contributed by atoms with E-state index in [0.29, 0.717) is 32.2 Å². The maximum absolute atomic E-state index is 10.6. The molecule has 3 rings (SSSR count). The third kappa shape index (κ3) is 5.38. The van der Waals surface area contributed by atoms with E-state index in [1.54, 1.807) is 0 Å². The zero-order chi connectivity index (χ0) is 17.4. The van der Waals surface area contributed by atoms with Crippen molar-refractivity contribution in [2.75, 3.05) is 39.4 Å². The molecule has 4 heteroatoms. The first-order valence-electron chi connectivity index (χ1n) is 9.08. The molecular weight excluding hydrogens is 312 g/mol. The van der Waals surface area contributed by atoms with Crippen LogP contribution in [0.5, 0.6) is 0 Å². The third-order valence-electron chi connectivity index (χ3n) is 4.72. The van der Waals surface area contributed by atoms with Crippen LogP contribution >= 0.6 is 0 Å². The van der Waals surface area contributed by atoms with Crippen molar-refractivity contribution in [1.29, 1.82) is 0 Å². The van der Waals surface area contributed by atoms with Crippen LogP contribution in [0.15, 0.2) is 60.7 Å². The fourth-order valence-electron chi connectivity index (χ4n) is 3.36. The van der Waals surface area contributed by atoms with Crippen molar-refractivity contribution in [1.82, 2.24) is 10.6 Å². The Labute approximate surface area is 150 Å². The van der Waals surface area contributed by atoms with Crippen LogP contribution in [0.4, 0.5) is 0 Å². The molecule has 4 nitrogen and oxygen atoms in total. The molecule has 1 aliphatic heterocycles. The van der Waals surface area contributed by atoms with Gasteiger partial charge in [0.05, 0.1) is 13.2 Å². The summed E-state index contributed by atoms with van der Waals surface area (Å²) >= 11 is 0. The molecule has 1 heterocycles. The van der Waals surface area contributed by atoms with Crippen LogP contribution in [0, 0.1) is 0 Å². The lowest BCUT2D eigenvalue weighted by atomic mass is 9.88. The Hall–Kier alpha value is -1.72. The molecular formula is C21H28N2O2. The number of hydrogen-bond acceptors (Lipinski definition) is 4.